The van der Waals surface area contributed by atoms with Gasteiger partial charge in [-0.2, -0.15) is 0 Å². The van der Waals surface area contributed by atoms with E-state index in [-0.39, 0.29) is 24.3 Å². The number of carbonyl (C=O) groups is 1. The van der Waals surface area contributed by atoms with Crippen LogP contribution in [0.1, 0.15) is 19.8 Å². The van der Waals surface area contributed by atoms with Gasteiger partial charge in [0.2, 0.25) is 5.79 Å². The Balaban J connectivity index is 1.78. The number of fused-ring (bicyclic) bond motifs is 1. The molecule has 0 aromatic heterocycles. The topological polar surface area (TPSA) is 54.0 Å². The molecule has 3 rings (SSSR count). The van der Waals surface area contributed by atoms with Gasteiger partial charge in [0.25, 0.3) is 0 Å². The molecule has 0 aromatic carbocycles. The molecule has 0 radical (unpaired) electrons. The molecule has 2 saturated heterocycles. The lowest BCUT2D eigenvalue weighted by atomic mass is 9.93. The van der Waals surface area contributed by atoms with Crippen LogP contribution in [0.3, 0.4) is 0 Å². The third-order valence-corrected chi connectivity index (χ3v) is 3.36. The zero-order valence-electron chi connectivity index (χ0n) is 9.76. The lowest BCUT2D eigenvalue weighted by molar-refractivity contribution is -0.356. The average Bonchev–Trinajstić information content (AvgIpc) is 2.29. The van der Waals surface area contributed by atoms with E-state index in [0.717, 1.165) is 6.42 Å². The quantitative estimate of drug-likeness (QED) is 0.501. The van der Waals surface area contributed by atoms with Crippen molar-refractivity contribution in [2.75, 3.05) is 13.2 Å². The minimum absolute atomic E-state index is 0.120. The van der Waals surface area contributed by atoms with Gasteiger partial charge in [-0.25, -0.2) is 0 Å². The molecule has 17 heavy (non-hydrogen) atoms. The van der Waals surface area contributed by atoms with Gasteiger partial charge >= 0.3 is 5.97 Å². The van der Waals surface area contributed by atoms with Crippen LogP contribution in [0.25, 0.3) is 0 Å². The van der Waals surface area contributed by atoms with Crippen LogP contribution in [0, 0.1) is 0 Å². The summed E-state index contributed by atoms with van der Waals surface area (Å²) in [4.78, 5) is 10.9. The summed E-state index contributed by atoms with van der Waals surface area (Å²) in [6, 6.07) is 0. The molecule has 2 aliphatic heterocycles. The zero-order valence-corrected chi connectivity index (χ0v) is 9.76. The first-order valence-electron chi connectivity index (χ1n) is 5.98. The maximum absolute atomic E-state index is 10.9. The molecule has 0 N–H and O–H groups in total. The molecule has 3 aliphatic rings. The van der Waals surface area contributed by atoms with E-state index in [4.69, 9.17) is 18.9 Å². The molecule has 94 valence electrons. The van der Waals surface area contributed by atoms with E-state index >= 15 is 0 Å². The van der Waals surface area contributed by atoms with E-state index in [2.05, 4.69) is 0 Å². The predicted molar refractivity (Wildman–Crippen MR) is 57.2 cm³/mol. The second kappa shape index (κ2) is 4.08. The third-order valence-electron chi connectivity index (χ3n) is 3.36. The molecule has 0 saturated carbocycles. The molecule has 2 bridgehead atoms. The van der Waals surface area contributed by atoms with Gasteiger partial charge < -0.3 is 18.9 Å². The number of hydrogen-bond acceptors (Lipinski definition) is 5. The van der Waals surface area contributed by atoms with Gasteiger partial charge in [-0.15, -0.1) is 0 Å². The largest absolute Gasteiger partial charge is 0.458 e. The highest BCUT2D eigenvalue weighted by Gasteiger charge is 2.51. The molecule has 0 aromatic rings. The maximum Gasteiger partial charge on any atom is 0.303 e. The van der Waals surface area contributed by atoms with Crippen LogP contribution >= 0.6 is 0 Å². The van der Waals surface area contributed by atoms with Crippen LogP contribution < -0.4 is 0 Å². The van der Waals surface area contributed by atoms with Crippen molar-refractivity contribution in [2.45, 2.75) is 43.9 Å². The van der Waals surface area contributed by atoms with E-state index in [1.54, 1.807) is 0 Å². The summed E-state index contributed by atoms with van der Waals surface area (Å²) in [5.41, 5.74) is 0. The zero-order chi connectivity index (χ0) is 11.9. The van der Waals surface area contributed by atoms with Crippen LogP contribution in [0.2, 0.25) is 0 Å². The van der Waals surface area contributed by atoms with E-state index < -0.39 is 5.79 Å². The second-order valence-electron chi connectivity index (χ2n) is 4.66. The van der Waals surface area contributed by atoms with E-state index in [9.17, 15) is 4.79 Å². The van der Waals surface area contributed by atoms with Gasteiger partial charge in [0.05, 0.1) is 19.3 Å². The van der Waals surface area contributed by atoms with Crippen molar-refractivity contribution in [1.29, 1.82) is 0 Å². The Hall–Kier alpha value is -0.910. The molecule has 0 amide bonds. The molecule has 1 aliphatic carbocycles. The fourth-order valence-electron chi connectivity index (χ4n) is 2.59. The second-order valence-corrected chi connectivity index (χ2v) is 4.66. The number of ether oxygens (including phenoxy) is 4. The van der Waals surface area contributed by atoms with Crippen LogP contribution in [0.4, 0.5) is 0 Å². The molecule has 5 heteroatoms. The fourth-order valence-corrected chi connectivity index (χ4v) is 2.59. The first kappa shape index (κ1) is 11.2. The Bertz CT molecular complexity index is 353. The highest BCUT2D eigenvalue weighted by Crippen LogP contribution is 2.39. The van der Waals surface area contributed by atoms with Crippen molar-refractivity contribution < 1.29 is 23.7 Å². The number of carbonyl (C=O) groups excluding carboxylic acids is 1. The van der Waals surface area contributed by atoms with Crippen LogP contribution in [-0.4, -0.2) is 43.3 Å². The minimum Gasteiger partial charge on any atom is -0.458 e. The SMILES string of the molecule is CC(=O)O[C@@H]1C=C[C@@]23OCC[C@@H](CO[C@@H]2C1)O3. The Morgan fingerprint density at radius 1 is 1.53 bits per heavy atom. The maximum atomic E-state index is 10.9. The van der Waals surface area contributed by atoms with Crippen LogP contribution in [0.15, 0.2) is 12.2 Å². The number of esters is 1. The third kappa shape index (κ3) is 1.99. The van der Waals surface area contributed by atoms with Gasteiger partial charge in [-0.1, -0.05) is 0 Å². The Labute approximate surface area is 99.7 Å². The smallest absolute Gasteiger partial charge is 0.303 e. The number of rotatable bonds is 1. The molecule has 5 nitrogen and oxygen atoms in total. The highest BCUT2D eigenvalue weighted by molar-refractivity contribution is 5.66. The Morgan fingerprint density at radius 2 is 2.41 bits per heavy atom. The number of hydrogen-bond donors (Lipinski definition) is 0. The predicted octanol–water partition coefficient (Wildman–Crippen LogP) is 0.779. The summed E-state index contributed by atoms with van der Waals surface area (Å²) in [6.07, 6.45) is 4.81. The molecular weight excluding hydrogens is 224 g/mol. The highest BCUT2D eigenvalue weighted by atomic mass is 16.7. The molecule has 2 heterocycles. The van der Waals surface area contributed by atoms with Crippen LogP contribution in [-0.2, 0) is 23.7 Å². The fraction of sp³-hybridized carbons (Fsp3) is 0.750. The Kier molecular flexibility index (Phi) is 2.69. The van der Waals surface area contributed by atoms with Gasteiger partial charge in [0.15, 0.2) is 0 Å². The molecular formula is C12H16O5. The van der Waals surface area contributed by atoms with E-state index in [1.165, 1.54) is 6.92 Å². The standard InChI is InChI=1S/C12H16O5/c1-8(13)16-9-2-4-12-11(6-9)14-7-10(17-12)3-5-15-12/h2,4,9-11H,3,5-7H2,1H3/t9-,10+,11-,12+/m1/s1. The van der Waals surface area contributed by atoms with Gasteiger partial charge in [0, 0.05) is 13.3 Å². The van der Waals surface area contributed by atoms with Gasteiger partial charge in [-0.05, 0) is 18.6 Å². The van der Waals surface area contributed by atoms with Gasteiger partial charge in [0.1, 0.15) is 12.2 Å². The molecule has 2 fully saturated rings. The van der Waals surface area contributed by atoms with Crippen molar-refractivity contribution in [1.82, 2.24) is 0 Å². The molecule has 1 spiro atoms. The van der Waals surface area contributed by atoms with E-state index in [0.29, 0.717) is 19.6 Å². The summed E-state index contributed by atoms with van der Waals surface area (Å²) in [6.45, 7) is 2.69. The van der Waals surface area contributed by atoms with Crippen molar-refractivity contribution in [3.8, 4) is 0 Å². The van der Waals surface area contributed by atoms with Crippen LogP contribution in [0.5, 0.6) is 0 Å². The minimum atomic E-state index is -0.752. The van der Waals surface area contributed by atoms with Crippen molar-refractivity contribution in [3.63, 3.8) is 0 Å². The first-order chi connectivity index (χ1) is 8.18. The van der Waals surface area contributed by atoms with Crippen molar-refractivity contribution >= 4 is 5.97 Å². The molecule has 4 atom stereocenters. The normalized spacial score (nSPS) is 43.9. The first-order valence-corrected chi connectivity index (χ1v) is 5.98. The summed E-state index contributed by atoms with van der Waals surface area (Å²) < 4.78 is 22.5. The van der Waals surface area contributed by atoms with E-state index in [1.807, 2.05) is 12.2 Å². The lowest BCUT2D eigenvalue weighted by Crippen LogP contribution is -2.60. The summed E-state index contributed by atoms with van der Waals surface area (Å²) in [7, 11) is 0. The average molecular weight is 240 g/mol. The lowest BCUT2D eigenvalue weighted by Gasteiger charge is -2.50. The van der Waals surface area contributed by atoms with Crippen molar-refractivity contribution in [2.24, 2.45) is 0 Å². The summed E-state index contributed by atoms with van der Waals surface area (Å²) in [5.74, 6) is -1.03. The molecule has 0 unspecified atom stereocenters. The van der Waals surface area contributed by atoms with Crippen molar-refractivity contribution in [3.05, 3.63) is 12.2 Å². The summed E-state index contributed by atoms with van der Waals surface area (Å²) >= 11 is 0. The Morgan fingerprint density at radius 3 is 3.24 bits per heavy atom. The summed E-state index contributed by atoms with van der Waals surface area (Å²) in [5, 5.41) is 0. The monoisotopic (exact) mass is 240 g/mol. The van der Waals surface area contributed by atoms with Gasteiger partial charge in [-0.3, -0.25) is 4.79 Å².